The molecule has 0 bridgehead atoms. The molecule has 1 unspecified atom stereocenters. The Balaban J connectivity index is 2.06. The molecule has 0 saturated carbocycles. The van der Waals surface area contributed by atoms with Gasteiger partial charge in [-0.05, 0) is 30.7 Å². The van der Waals surface area contributed by atoms with Crippen molar-refractivity contribution < 1.29 is 19.1 Å². The van der Waals surface area contributed by atoms with Crippen LogP contribution >= 0.6 is 15.9 Å². The van der Waals surface area contributed by atoms with E-state index < -0.39 is 17.8 Å². The molecular formula is C15H16BrNO4. The molecule has 1 heterocycles. The van der Waals surface area contributed by atoms with Crippen LogP contribution in [0.2, 0.25) is 0 Å². The molecule has 1 aromatic heterocycles. The van der Waals surface area contributed by atoms with E-state index >= 15 is 0 Å². The van der Waals surface area contributed by atoms with Crippen molar-refractivity contribution in [1.82, 2.24) is 5.32 Å². The van der Waals surface area contributed by atoms with Gasteiger partial charge in [-0.25, -0.2) is 0 Å². The number of rotatable bonds is 6. The summed E-state index contributed by atoms with van der Waals surface area (Å²) in [6.07, 6.45) is 1.29. The Labute approximate surface area is 130 Å². The fourth-order valence-corrected chi connectivity index (χ4v) is 2.47. The van der Waals surface area contributed by atoms with Gasteiger partial charge in [-0.1, -0.05) is 29.3 Å². The Kier molecular flexibility index (Phi) is 5.01. The van der Waals surface area contributed by atoms with E-state index in [-0.39, 0.29) is 12.3 Å². The highest BCUT2D eigenvalue weighted by atomic mass is 79.9. The molecule has 1 atom stereocenters. The molecular weight excluding hydrogens is 338 g/mol. The van der Waals surface area contributed by atoms with Crippen molar-refractivity contribution in [2.75, 3.05) is 6.54 Å². The number of amides is 1. The first-order valence-electron chi connectivity index (χ1n) is 6.71. The fourth-order valence-electron chi connectivity index (χ4n) is 2.09. The largest absolute Gasteiger partial charge is 0.481 e. The minimum atomic E-state index is -0.898. The minimum Gasteiger partial charge on any atom is -0.481 e. The van der Waals surface area contributed by atoms with E-state index in [1.807, 2.05) is 19.1 Å². The summed E-state index contributed by atoms with van der Waals surface area (Å²) in [6.45, 7) is 2.01. The number of fused-ring (bicyclic) bond motifs is 1. The third-order valence-corrected chi connectivity index (χ3v) is 3.69. The molecule has 1 aromatic carbocycles. The topological polar surface area (TPSA) is 79.5 Å². The van der Waals surface area contributed by atoms with Gasteiger partial charge in [0.15, 0.2) is 5.76 Å². The highest BCUT2D eigenvalue weighted by Gasteiger charge is 2.19. The number of halogens is 1. The Morgan fingerprint density at radius 3 is 2.81 bits per heavy atom. The molecule has 0 fully saturated rings. The molecule has 0 aliphatic rings. The Morgan fingerprint density at radius 1 is 1.38 bits per heavy atom. The number of aliphatic carboxylic acids is 1. The van der Waals surface area contributed by atoms with Gasteiger partial charge >= 0.3 is 5.97 Å². The van der Waals surface area contributed by atoms with Gasteiger partial charge in [-0.2, -0.15) is 0 Å². The molecule has 6 heteroatoms. The van der Waals surface area contributed by atoms with Gasteiger partial charge in [0.1, 0.15) is 5.58 Å². The van der Waals surface area contributed by atoms with Crippen LogP contribution in [0.3, 0.4) is 0 Å². The third-order valence-electron chi connectivity index (χ3n) is 3.20. The first-order chi connectivity index (χ1) is 10.0. The summed E-state index contributed by atoms with van der Waals surface area (Å²) in [5.74, 6) is -1.68. The first-order valence-corrected chi connectivity index (χ1v) is 7.50. The van der Waals surface area contributed by atoms with Crippen molar-refractivity contribution >= 4 is 38.8 Å². The second-order valence-corrected chi connectivity index (χ2v) is 5.74. The molecule has 0 aliphatic heterocycles. The highest BCUT2D eigenvalue weighted by molar-refractivity contribution is 9.10. The van der Waals surface area contributed by atoms with E-state index in [2.05, 4.69) is 21.2 Å². The van der Waals surface area contributed by atoms with E-state index in [4.69, 9.17) is 9.52 Å². The van der Waals surface area contributed by atoms with Crippen LogP contribution in [0, 0.1) is 5.92 Å². The van der Waals surface area contributed by atoms with Crippen LogP contribution in [0.25, 0.3) is 11.0 Å². The molecule has 1 amide bonds. The summed E-state index contributed by atoms with van der Waals surface area (Å²) >= 11 is 3.35. The average molecular weight is 354 g/mol. The zero-order chi connectivity index (χ0) is 15.4. The molecule has 0 saturated heterocycles. The zero-order valence-electron chi connectivity index (χ0n) is 11.6. The number of furan rings is 1. The summed E-state index contributed by atoms with van der Waals surface area (Å²) < 4.78 is 6.36. The summed E-state index contributed by atoms with van der Waals surface area (Å²) in [4.78, 5) is 23.1. The van der Waals surface area contributed by atoms with Gasteiger partial charge in [0.2, 0.25) is 0 Å². The average Bonchev–Trinajstić information content (AvgIpc) is 2.85. The van der Waals surface area contributed by atoms with Gasteiger partial charge in [0, 0.05) is 16.4 Å². The third kappa shape index (κ3) is 3.85. The molecule has 2 N–H and O–H groups in total. The molecule has 2 rings (SSSR count). The van der Waals surface area contributed by atoms with Crippen molar-refractivity contribution in [2.45, 2.75) is 19.8 Å². The lowest BCUT2D eigenvalue weighted by molar-refractivity contribution is -0.141. The smallest absolute Gasteiger partial charge is 0.308 e. The van der Waals surface area contributed by atoms with Crippen LogP contribution in [-0.4, -0.2) is 23.5 Å². The van der Waals surface area contributed by atoms with Crippen molar-refractivity contribution in [1.29, 1.82) is 0 Å². The van der Waals surface area contributed by atoms with Gasteiger partial charge in [-0.15, -0.1) is 0 Å². The second-order valence-electron chi connectivity index (χ2n) is 4.83. The fraction of sp³-hybridized carbons (Fsp3) is 0.333. The number of nitrogens with one attached hydrogen (secondary N) is 1. The number of carbonyl (C=O) groups is 2. The van der Waals surface area contributed by atoms with Crippen molar-refractivity contribution in [3.63, 3.8) is 0 Å². The number of benzene rings is 1. The predicted molar refractivity (Wildman–Crippen MR) is 82.3 cm³/mol. The van der Waals surface area contributed by atoms with E-state index in [0.717, 1.165) is 16.3 Å². The Bertz CT molecular complexity index is 665. The second kappa shape index (κ2) is 6.76. The normalized spacial score (nSPS) is 12.3. The molecule has 0 radical (unpaired) electrons. The molecule has 0 aliphatic carbocycles. The van der Waals surface area contributed by atoms with E-state index in [1.54, 1.807) is 12.1 Å². The number of carbonyl (C=O) groups excluding carboxylic acids is 1. The minimum absolute atomic E-state index is 0.0999. The number of hydrogen-bond acceptors (Lipinski definition) is 3. The SMILES string of the molecule is CCCC(CNC(=O)c1cc2cc(Br)ccc2o1)C(=O)O. The van der Waals surface area contributed by atoms with Crippen LogP contribution in [0.4, 0.5) is 0 Å². The zero-order valence-corrected chi connectivity index (χ0v) is 13.1. The van der Waals surface area contributed by atoms with Gasteiger partial charge < -0.3 is 14.8 Å². The first kappa shape index (κ1) is 15.6. The molecule has 112 valence electrons. The predicted octanol–water partition coefficient (Wildman–Crippen LogP) is 3.43. The summed E-state index contributed by atoms with van der Waals surface area (Å²) in [5.41, 5.74) is 0.617. The maximum Gasteiger partial charge on any atom is 0.308 e. The maximum absolute atomic E-state index is 12.0. The highest BCUT2D eigenvalue weighted by Crippen LogP contribution is 2.23. The molecule has 5 nitrogen and oxygen atoms in total. The number of carboxylic acid groups (broad SMARTS) is 1. The maximum atomic E-state index is 12.0. The molecule has 0 spiro atoms. The summed E-state index contributed by atoms with van der Waals surface area (Å²) in [5, 5.41) is 12.5. The van der Waals surface area contributed by atoms with E-state index in [1.165, 1.54) is 0 Å². The number of hydrogen-bond donors (Lipinski definition) is 2. The lowest BCUT2D eigenvalue weighted by atomic mass is 10.0. The molecule has 21 heavy (non-hydrogen) atoms. The van der Waals surface area contributed by atoms with E-state index in [0.29, 0.717) is 12.0 Å². The molecule has 2 aromatic rings. The van der Waals surface area contributed by atoms with Crippen molar-refractivity contribution in [3.05, 3.63) is 34.5 Å². The Morgan fingerprint density at radius 2 is 2.14 bits per heavy atom. The quantitative estimate of drug-likeness (QED) is 0.833. The van der Waals surface area contributed by atoms with Gasteiger partial charge in [0.25, 0.3) is 5.91 Å². The van der Waals surface area contributed by atoms with Crippen molar-refractivity contribution in [2.24, 2.45) is 5.92 Å². The van der Waals surface area contributed by atoms with Crippen LogP contribution < -0.4 is 5.32 Å². The van der Waals surface area contributed by atoms with Crippen molar-refractivity contribution in [3.8, 4) is 0 Å². The summed E-state index contributed by atoms with van der Waals surface area (Å²) in [6, 6.07) is 7.10. The lowest BCUT2D eigenvalue weighted by Gasteiger charge is -2.11. The number of carboxylic acids is 1. The van der Waals surface area contributed by atoms with Crippen LogP contribution in [-0.2, 0) is 4.79 Å². The van der Waals surface area contributed by atoms with Crippen LogP contribution in [0.1, 0.15) is 30.3 Å². The van der Waals surface area contributed by atoms with Gasteiger partial charge in [-0.3, -0.25) is 9.59 Å². The Hall–Kier alpha value is -1.82. The lowest BCUT2D eigenvalue weighted by Crippen LogP contribution is -2.32. The van der Waals surface area contributed by atoms with Crippen LogP contribution in [0.15, 0.2) is 33.2 Å². The summed E-state index contributed by atoms with van der Waals surface area (Å²) in [7, 11) is 0. The monoisotopic (exact) mass is 353 g/mol. The van der Waals surface area contributed by atoms with Crippen LogP contribution in [0.5, 0.6) is 0 Å². The van der Waals surface area contributed by atoms with Gasteiger partial charge in [0.05, 0.1) is 5.92 Å². The van der Waals surface area contributed by atoms with E-state index in [9.17, 15) is 9.59 Å². The standard InChI is InChI=1S/C15H16BrNO4/c1-2-3-9(15(19)20)8-17-14(18)13-7-10-6-11(16)4-5-12(10)21-13/h4-7,9H,2-3,8H2,1H3,(H,17,18)(H,19,20).